The highest BCUT2D eigenvalue weighted by atomic mass is 35.5. The average Bonchev–Trinajstić information content (AvgIpc) is 2.91. The van der Waals surface area contributed by atoms with E-state index in [9.17, 15) is 9.59 Å². The summed E-state index contributed by atoms with van der Waals surface area (Å²) in [5.41, 5.74) is 1.74. The summed E-state index contributed by atoms with van der Waals surface area (Å²) in [6.45, 7) is -0.0419. The highest BCUT2D eigenvalue weighted by molar-refractivity contribution is 6.31. The molecule has 1 atom stereocenters. The molecule has 4 rings (SSSR count). The largest absolute Gasteiger partial charge is 0.484 e. The van der Waals surface area contributed by atoms with Crippen molar-refractivity contribution in [3.63, 3.8) is 0 Å². The second kappa shape index (κ2) is 13.5. The van der Waals surface area contributed by atoms with Gasteiger partial charge in [-0.1, -0.05) is 97.1 Å². The van der Waals surface area contributed by atoms with Gasteiger partial charge in [-0.15, -0.1) is 0 Å². The van der Waals surface area contributed by atoms with Crippen LogP contribution in [0.15, 0.2) is 78.9 Å². The molecule has 0 unspecified atom stereocenters. The fourth-order valence-electron chi connectivity index (χ4n) is 4.69. The van der Waals surface area contributed by atoms with E-state index < -0.39 is 6.04 Å². The minimum absolute atomic E-state index is 0.125. The van der Waals surface area contributed by atoms with E-state index in [1.54, 1.807) is 35.2 Å². The molecule has 0 radical (unpaired) electrons. The van der Waals surface area contributed by atoms with Crippen molar-refractivity contribution in [2.24, 2.45) is 0 Å². The molecular formula is C30H32Cl2N2O3. The summed E-state index contributed by atoms with van der Waals surface area (Å²) in [4.78, 5) is 29.0. The number of carbonyl (C=O) groups excluding carboxylic acids is 2. The third kappa shape index (κ3) is 7.98. The van der Waals surface area contributed by atoms with Crippen molar-refractivity contribution >= 4 is 35.0 Å². The third-order valence-electron chi connectivity index (χ3n) is 6.68. The van der Waals surface area contributed by atoms with Crippen LogP contribution in [0.25, 0.3) is 0 Å². The van der Waals surface area contributed by atoms with Crippen LogP contribution in [0.5, 0.6) is 5.75 Å². The Balaban J connectivity index is 1.62. The molecule has 5 nitrogen and oxygen atoms in total. The molecule has 3 aromatic carbocycles. The van der Waals surface area contributed by atoms with E-state index in [-0.39, 0.29) is 31.0 Å². The Kier molecular flexibility index (Phi) is 9.86. The van der Waals surface area contributed by atoms with Gasteiger partial charge >= 0.3 is 0 Å². The van der Waals surface area contributed by atoms with Crippen LogP contribution in [0.2, 0.25) is 10.0 Å². The number of nitrogens with zero attached hydrogens (tertiary/aromatic N) is 1. The Morgan fingerprint density at radius 1 is 0.919 bits per heavy atom. The predicted octanol–water partition coefficient (Wildman–Crippen LogP) is 6.46. The summed E-state index contributed by atoms with van der Waals surface area (Å²) >= 11 is 12.6. The van der Waals surface area contributed by atoms with Crippen LogP contribution in [0.3, 0.4) is 0 Å². The number of hydrogen-bond acceptors (Lipinski definition) is 3. The zero-order valence-corrected chi connectivity index (χ0v) is 22.3. The molecule has 0 aliphatic heterocycles. The molecule has 7 heteroatoms. The first-order valence-corrected chi connectivity index (χ1v) is 13.5. The normalized spacial score (nSPS) is 14.5. The standard InChI is InChI=1S/C30H32Cl2N2O3/c31-24-13-9-16-26(19-24)37-21-29(35)34(20-23-12-7-8-17-27(23)32)28(18-22-10-3-1-4-11-22)30(36)33-25-14-5-2-6-15-25/h1,3-4,7-13,16-17,19,25,28H,2,5-6,14-15,18,20-21H2,(H,33,36)/t28-/m0/s1. The molecule has 1 N–H and O–H groups in total. The van der Waals surface area contributed by atoms with Crippen molar-refractivity contribution in [2.75, 3.05) is 6.61 Å². The Hall–Kier alpha value is -3.02. The van der Waals surface area contributed by atoms with Gasteiger partial charge in [0.05, 0.1) is 0 Å². The molecule has 194 valence electrons. The molecule has 0 spiro atoms. The summed E-state index contributed by atoms with van der Waals surface area (Å²) in [7, 11) is 0. The van der Waals surface area contributed by atoms with Crippen LogP contribution in [-0.4, -0.2) is 35.4 Å². The fourth-order valence-corrected chi connectivity index (χ4v) is 5.07. The highest BCUT2D eigenvalue weighted by Crippen LogP contribution is 2.23. The second-order valence-electron chi connectivity index (χ2n) is 9.41. The van der Waals surface area contributed by atoms with Crippen molar-refractivity contribution in [2.45, 2.75) is 57.2 Å². The first-order valence-electron chi connectivity index (χ1n) is 12.7. The van der Waals surface area contributed by atoms with Gasteiger partial charge in [0.25, 0.3) is 5.91 Å². The minimum atomic E-state index is -0.726. The van der Waals surface area contributed by atoms with Gasteiger partial charge in [0.15, 0.2) is 6.61 Å². The van der Waals surface area contributed by atoms with Crippen LogP contribution < -0.4 is 10.1 Å². The molecule has 0 bridgehead atoms. The van der Waals surface area contributed by atoms with Crippen molar-refractivity contribution in [3.8, 4) is 5.75 Å². The molecule has 37 heavy (non-hydrogen) atoms. The average molecular weight is 540 g/mol. The number of ether oxygens (including phenoxy) is 1. The van der Waals surface area contributed by atoms with Gasteiger partial charge in [-0.25, -0.2) is 0 Å². The molecule has 0 aromatic heterocycles. The van der Waals surface area contributed by atoms with E-state index in [4.69, 9.17) is 27.9 Å². The molecule has 0 heterocycles. The lowest BCUT2D eigenvalue weighted by atomic mass is 9.94. The lowest BCUT2D eigenvalue weighted by molar-refractivity contribution is -0.143. The van der Waals surface area contributed by atoms with E-state index in [1.807, 2.05) is 48.5 Å². The minimum Gasteiger partial charge on any atom is -0.484 e. The number of rotatable bonds is 10. The number of carbonyl (C=O) groups is 2. The smallest absolute Gasteiger partial charge is 0.261 e. The van der Waals surface area contributed by atoms with Gasteiger partial charge < -0.3 is 15.0 Å². The van der Waals surface area contributed by atoms with E-state index >= 15 is 0 Å². The zero-order chi connectivity index (χ0) is 26.0. The van der Waals surface area contributed by atoms with Crippen molar-refractivity contribution in [1.82, 2.24) is 10.2 Å². The summed E-state index contributed by atoms with van der Waals surface area (Å²) in [6, 6.07) is 23.4. The summed E-state index contributed by atoms with van der Waals surface area (Å²) < 4.78 is 5.79. The number of nitrogens with one attached hydrogen (secondary N) is 1. The highest BCUT2D eigenvalue weighted by Gasteiger charge is 2.32. The van der Waals surface area contributed by atoms with E-state index in [1.165, 1.54) is 6.42 Å². The van der Waals surface area contributed by atoms with Gasteiger partial charge in [0, 0.05) is 29.1 Å². The summed E-state index contributed by atoms with van der Waals surface area (Å²) in [6.07, 6.45) is 5.69. The number of hydrogen-bond donors (Lipinski definition) is 1. The molecular weight excluding hydrogens is 507 g/mol. The van der Waals surface area contributed by atoms with Crippen LogP contribution in [-0.2, 0) is 22.6 Å². The van der Waals surface area contributed by atoms with Gasteiger partial charge in [-0.3, -0.25) is 9.59 Å². The van der Waals surface area contributed by atoms with E-state index in [0.717, 1.165) is 36.8 Å². The van der Waals surface area contributed by atoms with Gasteiger partial charge in [-0.05, 0) is 48.2 Å². The number of halogens is 2. The van der Waals surface area contributed by atoms with Crippen molar-refractivity contribution in [3.05, 3.63) is 100 Å². The maximum Gasteiger partial charge on any atom is 0.261 e. The lowest BCUT2D eigenvalue weighted by Crippen LogP contribution is -2.53. The predicted molar refractivity (Wildman–Crippen MR) is 148 cm³/mol. The summed E-state index contributed by atoms with van der Waals surface area (Å²) in [5, 5.41) is 4.30. The van der Waals surface area contributed by atoms with Crippen LogP contribution in [0.4, 0.5) is 0 Å². The third-order valence-corrected chi connectivity index (χ3v) is 7.28. The molecule has 3 aromatic rings. The molecule has 1 aliphatic rings. The Morgan fingerprint density at radius 2 is 1.65 bits per heavy atom. The van der Waals surface area contributed by atoms with Crippen LogP contribution >= 0.6 is 23.2 Å². The molecule has 1 fully saturated rings. The van der Waals surface area contributed by atoms with Crippen molar-refractivity contribution in [1.29, 1.82) is 0 Å². The summed E-state index contributed by atoms with van der Waals surface area (Å²) in [5.74, 6) is 0.0309. The molecule has 1 saturated carbocycles. The SMILES string of the molecule is O=C(NC1CCCCC1)[C@H](Cc1ccccc1)N(Cc1ccccc1Cl)C(=O)COc1cccc(Cl)c1. The molecule has 0 saturated heterocycles. The lowest BCUT2D eigenvalue weighted by Gasteiger charge is -2.33. The zero-order valence-electron chi connectivity index (χ0n) is 20.7. The van der Waals surface area contributed by atoms with E-state index in [2.05, 4.69) is 5.32 Å². The Morgan fingerprint density at radius 3 is 2.38 bits per heavy atom. The number of benzene rings is 3. The first kappa shape index (κ1) is 27.0. The fraction of sp³-hybridized carbons (Fsp3) is 0.333. The first-order chi connectivity index (χ1) is 18.0. The maximum absolute atomic E-state index is 13.8. The maximum atomic E-state index is 13.8. The Labute approximate surface area is 228 Å². The van der Waals surface area contributed by atoms with Gasteiger partial charge in [0.1, 0.15) is 11.8 Å². The van der Waals surface area contributed by atoms with Gasteiger partial charge in [0.2, 0.25) is 5.91 Å². The van der Waals surface area contributed by atoms with E-state index in [0.29, 0.717) is 22.2 Å². The van der Waals surface area contributed by atoms with Crippen LogP contribution in [0.1, 0.15) is 43.2 Å². The molecule has 2 amide bonds. The number of amides is 2. The quantitative estimate of drug-likeness (QED) is 0.322. The van der Waals surface area contributed by atoms with Crippen LogP contribution in [0, 0.1) is 0 Å². The van der Waals surface area contributed by atoms with Gasteiger partial charge in [-0.2, -0.15) is 0 Å². The molecule has 1 aliphatic carbocycles. The topological polar surface area (TPSA) is 58.6 Å². The monoisotopic (exact) mass is 538 g/mol. The Bertz CT molecular complexity index is 1180. The second-order valence-corrected chi connectivity index (χ2v) is 10.3. The van der Waals surface area contributed by atoms with Crippen molar-refractivity contribution < 1.29 is 14.3 Å².